The van der Waals surface area contributed by atoms with Crippen molar-refractivity contribution in [3.63, 3.8) is 0 Å². The fourth-order valence-corrected chi connectivity index (χ4v) is 0. The van der Waals surface area contributed by atoms with E-state index in [0.717, 1.165) is 0 Å². The van der Waals surface area contributed by atoms with Crippen molar-refractivity contribution in [1.29, 1.82) is 0 Å². The van der Waals surface area contributed by atoms with Gasteiger partial charge < -0.3 is 10.2 Å². The molecule has 3 nitrogen and oxygen atoms in total. The lowest BCUT2D eigenvalue weighted by Gasteiger charge is -1.60. The van der Waals surface area contributed by atoms with Gasteiger partial charge in [-0.05, 0) is 11.0 Å². The minimum atomic E-state index is -1.83. The van der Waals surface area contributed by atoms with E-state index in [1.807, 2.05) is 0 Å². The Morgan fingerprint density at radius 3 is 1.33 bits per heavy atom. The van der Waals surface area contributed by atoms with E-state index in [2.05, 4.69) is 0 Å². The molecule has 0 saturated carbocycles. The highest BCUT2D eigenvalue weighted by Crippen LogP contribution is 1.42. The van der Waals surface area contributed by atoms with Gasteiger partial charge in [-0.15, -0.1) is 0 Å². The first-order valence-corrected chi connectivity index (χ1v) is 0.651. The Morgan fingerprint density at radius 2 is 1.33 bits per heavy atom. The van der Waals surface area contributed by atoms with Crippen LogP contribution in [-0.4, -0.2) is 44.7 Å². The van der Waals surface area contributed by atoms with Crippen LogP contribution >= 0.6 is 0 Å². The normalized spacial score (nSPS) is 4.00. The topological polar surface area (TPSA) is 57.5 Å². The minimum absolute atomic E-state index is 0. The standard InChI is InChI=1S/CH2O3.Al.H4Si.3H/c2-1(3)4;;;;;/h(H2,2,3,4);;1H4;;;. The summed E-state index contributed by atoms with van der Waals surface area (Å²) in [4.78, 5) is 8.56. The summed E-state index contributed by atoms with van der Waals surface area (Å²) in [6, 6.07) is 0. The predicted molar refractivity (Wildman–Crippen MR) is 31.9 cm³/mol. The van der Waals surface area contributed by atoms with Gasteiger partial charge in [0, 0.05) is 0 Å². The average molecular weight is 124 g/mol. The number of hydrogen-bond donors (Lipinski definition) is 2. The van der Waals surface area contributed by atoms with Crippen LogP contribution in [0.1, 0.15) is 0 Å². The van der Waals surface area contributed by atoms with Crippen molar-refractivity contribution >= 4 is 34.5 Å². The molecule has 0 aromatic heterocycles. The van der Waals surface area contributed by atoms with Gasteiger partial charge in [-0.1, -0.05) is 0 Å². The molecule has 0 saturated heterocycles. The minimum Gasteiger partial charge on any atom is -0.450 e. The van der Waals surface area contributed by atoms with Crippen LogP contribution in [0.4, 0.5) is 4.79 Å². The van der Waals surface area contributed by atoms with E-state index in [1.165, 1.54) is 0 Å². The lowest BCUT2D eigenvalue weighted by molar-refractivity contribution is 0.137. The predicted octanol–water partition coefficient (Wildman–Crippen LogP) is -2.41. The van der Waals surface area contributed by atoms with E-state index in [0.29, 0.717) is 0 Å². The van der Waals surface area contributed by atoms with Gasteiger partial charge in [0.1, 0.15) is 0 Å². The zero-order chi connectivity index (χ0) is 3.58. The fourth-order valence-electron chi connectivity index (χ4n) is 0. The molecule has 0 aliphatic rings. The molecule has 0 atom stereocenters. The van der Waals surface area contributed by atoms with Gasteiger partial charge in [-0.2, -0.15) is 0 Å². The summed E-state index contributed by atoms with van der Waals surface area (Å²) >= 11 is 0. The molecule has 0 rings (SSSR count). The van der Waals surface area contributed by atoms with E-state index >= 15 is 0 Å². The molecule has 38 valence electrons. The van der Waals surface area contributed by atoms with Crippen LogP contribution in [-0.2, 0) is 0 Å². The summed E-state index contributed by atoms with van der Waals surface area (Å²) in [5.74, 6) is 0. The fraction of sp³-hybridized carbons (Fsp3) is 0. The molecule has 5 heteroatoms. The molecule has 0 unspecified atom stereocenters. The molecular formula is CH9AlO3Si. The van der Waals surface area contributed by atoms with Crippen LogP contribution < -0.4 is 0 Å². The third kappa shape index (κ3) is 97900. The number of carboxylic acid groups (broad SMARTS) is 2. The van der Waals surface area contributed by atoms with Crippen LogP contribution in [0.5, 0.6) is 0 Å². The van der Waals surface area contributed by atoms with Gasteiger partial charge in [0.25, 0.3) is 0 Å². The zero-order valence-corrected chi connectivity index (χ0v) is 1.80. The molecule has 2 N–H and O–H groups in total. The van der Waals surface area contributed by atoms with Crippen molar-refractivity contribution < 1.29 is 15.0 Å². The maximum atomic E-state index is 8.56. The molecule has 0 aromatic rings. The Kier molecular flexibility index (Phi) is 24.7. The monoisotopic (exact) mass is 124 g/mol. The van der Waals surface area contributed by atoms with Crippen LogP contribution in [0.15, 0.2) is 0 Å². The first kappa shape index (κ1) is 16.6. The van der Waals surface area contributed by atoms with Crippen molar-refractivity contribution in [2.24, 2.45) is 0 Å². The smallest absolute Gasteiger partial charge is 0.450 e. The quantitative estimate of drug-likeness (QED) is 0.353. The second-order valence-corrected chi connectivity index (χ2v) is 0.283. The van der Waals surface area contributed by atoms with Crippen molar-refractivity contribution in [3.05, 3.63) is 0 Å². The summed E-state index contributed by atoms with van der Waals surface area (Å²) in [7, 11) is 0. The molecule has 6 heavy (non-hydrogen) atoms. The number of hydrogen-bond acceptors (Lipinski definition) is 1. The number of rotatable bonds is 0. The van der Waals surface area contributed by atoms with E-state index in [9.17, 15) is 0 Å². The Bertz CT molecular complexity index is 33.8. The van der Waals surface area contributed by atoms with E-state index in [1.54, 1.807) is 0 Å². The Labute approximate surface area is 50.1 Å². The first-order chi connectivity index (χ1) is 1.73. The molecule has 0 fully saturated rings. The van der Waals surface area contributed by atoms with Gasteiger partial charge in [0.05, 0.1) is 0 Å². The van der Waals surface area contributed by atoms with Gasteiger partial charge >= 0.3 is 6.16 Å². The molecular weight excluding hydrogens is 115 g/mol. The van der Waals surface area contributed by atoms with Crippen LogP contribution in [0, 0.1) is 0 Å². The van der Waals surface area contributed by atoms with E-state index < -0.39 is 6.16 Å². The molecule has 0 bridgehead atoms. The van der Waals surface area contributed by atoms with E-state index in [-0.39, 0.29) is 28.3 Å². The van der Waals surface area contributed by atoms with Crippen LogP contribution in [0.3, 0.4) is 0 Å². The first-order valence-electron chi connectivity index (χ1n) is 0.651. The van der Waals surface area contributed by atoms with Crippen molar-refractivity contribution in [2.75, 3.05) is 0 Å². The highest BCUT2D eigenvalue weighted by Gasteiger charge is 1.70. The third-order valence-corrected chi connectivity index (χ3v) is 0. The molecule has 0 heterocycles. The second-order valence-electron chi connectivity index (χ2n) is 0.283. The Balaban J connectivity index is -0.0000000450. The highest BCUT2D eigenvalue weighted by atomic mass is 28.1. The van der Waals surface area contributed by atoms with Crippen molar-refractivity contribution in [1.82, 2.24) is 0 Å². The van der Waals surface area contributed by atoms with Gasteiger partial charge in [-0.25, -0.2) is 4.79 Å². The molecule has 0 radical (unpaired) electrons. The summed E-state index contributed by atoms with van der Waals surface area (Å²) in [5, 5.41) is 13.9. The maximum Gasteiger partial charge on any atom is 0.503 e. The third-order valence-electron chi connectivity index (χ3n) is 0. The molecule has 0 amide bonds. The van der Waals surface area contributed by atoms with Crippen molar-refractivity contribution in [3.8, 4) is 0 Å². The lowest BCUT2D eigenvalue weighted by atomic mass is 11.5. The SMILES string of the molecule is O=C(O)O.[AlH3].[SiH4]. The van der Waals surface area contributed by atoms with Crippen LogP contribution in [0.25, 0.3) is 0 Å². The summed E-state index contributed by atoms with van der Waals surface area (Å²) in [5.41, 5.74) is 0. The Hall–Kier alpha value is 0.0194. The average Bonchev–Trinajstić information content (AvgIpc) is 0.811. The van der Waals surface area contributed by atoms with Gasteiger partial charge in [0.2, 0.25) is 0 Å². The lowest BCUT2D eigenvalue weighted by Crippen LogP contribution is -1.81. The largest absolute Gasteiger partial charge is 0.503 e. The van der Waals surface area contributed by atoms with Gasteiger partial charge in [-0.3, -0.25) is 0 Å². The summed E-state index contributed by atoms with van der Waals surface area (Å²) in [6.07, 6.45) is -1.83. The Morgan fingerprint density at radius 1 is 1.33 bits per heavy atom. The molecule has 0 spiro atoms. The maximum absolute atomic E-state index is 8.56. The van der Waals surface area contributed by atoms with Crippen LogP contribution in [0.2, 0.25) is 0 Å². The summed E-state index contributed by atoms with van der Waals surface area (Å²) in [6.45, 7) is 0. The van der Waals surface area contributed by atoms with E-state index in [4.69, 9.17) is 15.0 Å². The van der Waals surface area contributed by atoms with Gasteiger partial charge in [0.15, 0.2) is 17.4 Å². The van der Waals surface area contributed by atoms with Crippen molar-refractivity contribution in [2.45, 2.75) is 0 Å². The molecule has 0 aromatic carbocycles. The molecule has 0 aliphatic carbocycles. The highest BCUT2D eigenvalue weighted by molar-refractivity contribution is 5.76. The summed E-state index contributed by atoms with van der Waals surface area (Å²) < 4.78 is 0. The zero-order valence-electron chi connectivity index (χ0n) is 1.80. The number of carbonyl (C=O) groups is 1. The second kappa shape index (κ2) is 8.89. The molecule has 0 aliphatic heterocycles.